The third-order valence-electron chi connectivity index (χ3n) is 4.86. The number of benzene rings is 1. The van der Waals surface area contributed by atoms with Crippen LogP contribution in [0.4, 0.5) is 4.39 Å². The number of aliphatic hydroxyl groups is 1. The van der Waals surface area contributed by atoms with Gasteiger partial charge in [-0.3, -0.25) is 4.79 Å². The Labute approximate surface area is 143 Å². The lowest BCUT2D eigenvalue weighted by atomic mass is 9.82. The molecule has 1 unspecified atom stereocenters. The number of aryl methyl sites for hydroxylation is 1. The standard InChI is InChI=1S/C19H28FNO3/c1-24-18-9-7-14(13-16(18)20)8-10-19(23)21-17(11-12-22)15-5-3-2-4-6-15/h7,9,13,15,17,22H,2-6,8,10-12H2,1H3,(H,21,23). The summed E-state index contributed by atoms with van der Waals surface area (Å²) in [5.74, 6) is 0.239. The van der Waals surface area contributed by atoms with E-state index in [9.17, 15) is 14.3 Å². The van der Waals surface area contributed by atoms with Gasteiger partial charge in [0.05, 0.1) is 7.11 Å². The molecule has 134 valence electrons. The van der Waals surface area contributed by atoms with Gasteiger partial charge in [-0.2, -0.15) is 0 Å². The van der Waals surface area contributed by atoms with Crippen LogP contribution in [0.1, 0.15) is 50.5 Å². The SMILES string of the molecule is COc1ccc(CCC(=O)NC(CCO)C2CCCCC2)cc1F. The number of carbonyl (C=O) groups is 1. The van der Waals surface area contributed by atoms with Crippen molar-refractivity contribution < 1.29 is 19.0 Å². The van der Waals surface area contributed by atoms with Gasteiger partial charge in [0.15, 0.2) is 11.6 Å². The summed E-state index contributed by atoms with van der Waals surface area (Å²) in [6.45, 7) is 0.0884. The molecule has 2 N–H and O–H groups in total. The van der Waals surface area contributed by atoms with Crippen LogP contribution < -0.4 is 10.1 Å². The van der Waals surface area contributed by atoms with Crippen LogP contribution in [0.15, 0.2) is 18.2 Å². The summed E-state index contributed by atoms with van der Waals surface area (Å²) in [6.07, 6.45) is 7.32. The second-order valence-electron chi connectivity index (χ2n) is 6.55. The Bertz CT molecular complexity index is 529. The zero-order chi connectivity index (χ0) is 17.4. The number of methoxy groups -OCH3 is 1. The molecule has 1 aromatic carbocycles. The molecule has 5 heteroatoms. The molecule has 1 aromatic rings. The molecule has 0 saturated heterocycles. The fraction of sp³-hybridized carbons (Fsp3) is 0.632. The molecule has 1 fully saturated rings. The summed E-state index contributed by atoms with van der Waals surface area (Å²) in [7, 11) is 1.43. The number of carbonyl (C=O) groups excluding carboxylic acids is 1. The molecule has 1 atom stereocenters. The molecule has 0 spiro atoms. The summed E-state index contributed by atoms with van der Waals surface area (Å²) >= 11 is 0. The predicted octanol–water partition coefficient (Wildman–Crippen LogP) is 3.21. The molecule has 24 heavy (non-hydrogen) atoms. The molecule has 0 aliphatic heterocycles. The second-order valence-corrected chi connectivity index (χ2v) is 6.55. The highest BCUT2D eigenvalue weighted by molar-refractivity contribution is 5.76. The molecule has 1 aliphatic carbocycles. The van der Waals surface area contributed by atoms with E-state index in [-0.39, 0.29) is 24.3 Å². The summed E-state index contributed by atoms with van der Waals surface area (Å²) in [6, 6.07) is 4.83. The fourth-order valence-electron chi connectivity index (χ4n) is 3.50. The van der Waals surface area contributed by atoms with Gasteiger partial charge < -0.3 is 15.2 Å². The van der Waals surface area contributed by atoms with E-state index in [0.717, 1.165) is 18.4 Å². The zero-order valence-electron chi connectivity index (χ0n) is 14.4. The minimum absolute atomic E-state index is 0.0322. The van der Waals surface area contributed by atoms with E-state index in [4.69, 9.17) is 4.74 Å². The van der Waals surface area contributed by atoms with Crippen molar-refractivity contribution >= 4 is 5.91 Å². The van der Waals surface area contributed by atoms with E-state index >= 15 is 0 Å². The first kappa shape index (κ1) is 18.7. The summed E-state index contributed by atoms with van der Waals surface area (Å²) in [4.78, 5) is 12.2. The summed E-state index contributed by atoms with van der Waals surface area (Å²) in [5.41, 5.74) is 0.778. The summed E-state index contributed by atoms with van der Waals surface area (Å²) < 4.78 is 18.6. The number of rotatable bonds is 8. The van der Waals surface area contributed by atoms with Gasteiger partial charge in [0.25, 0.3) is 0 Å². The van der Waals surface area contributed by atoms with Crippen molar-refractivity contribution in [3.63, 3.8) is 0 Å². The van der Waals surface area contributed by atoms with Crippen molar-refractivity contribution in [2.24, 2.45) is 5.92 Å². The fourth-order valence-corrected chi connectivity index (χ4v) is 3.50. The highest BCUT2D eigenvalue weighted by Crippen LogP contribution is 2.27. The lowest BCUT2D eigenvalue weighted by molar-refractivity contribution is -0.122. The van der Waals surface area contributed by atoms with Crippen molar-refractivity contribution in [1.29, 1.82) is 0 Å². The van der Waals surface area contributed by atoms with Crippen LogP contribution in [0.25, 0.3) is 0 Å². The van der Waals surface area contributed by atoms with Gasteiger partial charge in [0, 0.05) is 19.1 Å². The molecule has 1 amide bonds. The highest BCUT2D eigenvalue weighted by Gasteiger charge is 2.24. The van der Waals surface area contributed by atoms with Crippen LogP contribution in [-0.4, -0.2) is 30.8 Å². The number of ether oxygens (including phenoxy) is 1. The average Bonchev–Trinajstić information content (AvgIpc) is 2.60. The van der Waals surface area contributed by atoms with Crippen molar-refractivity contribution in [2.75, 3.05) is 13.7 Å². The monoisotopic (exact) mass is 337 g/mol. The number of hydrogen-bond acceptors (Lipinski definition) is 3. The lowest BCUT2D eigenvalue weighted by Gasteiger charge is -2.30. The van der Waals surface area contributed by atoms with Crippen LogP contribution in [0.3, 0.4) is 0 Å². The van der Waals surface area contributed by atoms with Gasteiger partial charge in [-0.05, 0) is 49.3 Å². The molecule has 0 bridgehead atoms. The van der Waals surface area contributed by atoms with Crippen molar-refractivity contribution in [3.8, 4) is 5.75 Å². The number of hydrogen-bond donors (Lipinski definition) is 2. The van der Waals surface area contributed by atoms with E-state index in [0.29, 0.717) is 25.2 Å². The quantitative estimate of drug-likeness (QED) is 0.766. The predicted molar refractivity (Wildman–Crippen MR) is 91.5 cm³/mol. The third kappa shape index (κ3) is 5.48. The van der Waals surface area contributed by atoms with Crippen LogP contribution >= 0.6 is 0 Å². The smallest absolute Gasteiger partial charge is 0.220 e. The van der Waals surface area contributed by atoms with Crippen molar-refractivity contribution in [2.45, 2.75) is 57.4 Å². The van der Waals surface area contributed by atoms with E-state index in [1.54, 1.807) is 12.1 Å². The Morgan fingerprint density at radius 2 is 2.12 bits per heavy atom. The van der Waals surface area contributed by atoms with Gasteiger partial charge >= 0.3 is 0 Å². The van der Waals surface area contributed by atoms with Crippen molar-refractivity contribution in [1.82, 2.24) is 5.32 Å². The number of nitrogens with one attached hydrogen (secondary N) is 1. The highest BCUT2D eigenvalue weighted by atomic mass is 19.1. The molecule has 1 aliphatic rings. The zero-order valence-corrected chi connectivity index (χ0v) is 14.4. The Balaban J connectivity index is 1.85. The molecule has 1 saturated carbocycles. The van der Waals surface area contributed by atoms with Gasteiger partial charge in [-0.25, -0.2) is 4.39 Å². The maximum atomic E-state index is 13.7. The van der Waals surface area contributed by atoms with Crippen molar-refractivity contribution in [3.05, 3.63) is 29.6 Å². The molecular formula is C19H28FNO3. The normalized spacial score (nSPS) is 16.6. The van der Waals surface area contributed by atoms with Gasteiger partial charge in [-0.15, -0.1) is 0 Å². The average molecular weight is 337 g/mol. The summed E-state index contributed by atoms with van der Waals surface area (Å²) in [5, 5.41) is 12.3. The molecular weight excluding hydrogens is 309 g/mol. The van der Waals surface area contributed by atoms with Crippen LogP contribution in [-0.2, 0) is 11.2 Å². The maximum Gasteiger partial charge on any atom is 0.220 e. The maximum absolute atomic E-state index is 13.7. The lowest BCUT2D eigenvalue weighted by Crippen LogP contribution is -2.41. The first-order valence-corrected chi connectivity index (χ1v) is 8.86. The minimum atomic E-state index is -0.407. The Hall–Kier alpha value is -1.62. The number of amides is 1. The molecule has 2 rings (SSSR count). The third-order valence-corrected chi connectivity index (χ3v) is 4.86. The van der Waals surface area contributed by atoms with E-state index in [2.05, 4.69) is 5.32 Å². The van der Waals surface area contributed by atoms with Crippen LogP contribution in [0.5, 0.6) is 5.75 Å². The van der Waals surface area contributed by atoms with Crippen LogP contribution in [0, 0.1) is 11.7 Å². The number of halogens is 1. The Kier molecular flexibility index (Phi) is 7.50. The van der Waals surface area contributed by atoms with Gasteiger partial charge in [-0.1, -0.05) is 25.3 Å². The molecule has 0 heterocycles. The minimum Gasteiger partial charge on any atom is -0.494 e. The first-order chi connectivity index (χ1) is 11.6. The molecule has 4 nitrogen and oxygen atoms in total. The molecule has 0 aromatic heterocycles. The largest absolute Gasteiger partial charge is 0.494 e. The van der Waals surface area contributed by atoms with E-state index in [1.807, 2.05) is 0 Å². The van der Waals surface area contributed by atoms with E-state index in [1.165, 1.54) is 32.4 Å². The molecule has 0 radical (unpaired) electrons. The van der Waals surface area contributed by atoms with E-state index < -0.39 is 5.82 Å². The van der Waals surface area contributed by atoms with Crippen LogP contribution in [0.2, 0.25) is 0 Å². The number of aliphatic hydroxyl groups excluding tert-OH is 1. The topological polar surface area (TPSA) is 58.6 Å². The second kappa shape index (κ2) is 9.62. The Morgan fingerprint density at radius 3 is 2.75 bits per heavy atom. The first-order valence-electron chi connectivity index (χ1n) is 8.86. The van der Waals surface area contributed by atoms with Gasteiger partial charge in [0.2, 0.25) is 5.91 Å². The Morgan fingerprint density at radius 1 is 1.38 bits per heavy atom. The van der Waals surface area contributed by atoms with Gasteiger partial charge in [0.1, 0.15) is 0 Å².